The molecule has 1 aliphatic rings. The summed E-state index contributed by atoms with van der Waals surface area (Å²) in [6, 6.07) is 6.33. The lowest BCUT2D eigenvalue weighted by atomic mass is 9.86. The lowest BCUT2D eigenvalue weighted by Gasteiger charge is -2.29. The molecule has 0 heterocycles. The molecule has 5 heteroatoms. The molecule has 0 radical (unpaired) electrons. The summed E-state index contributed by atoms with van der Waals surface area (Å²) < 4.78 is 26.4. The Morgan fingerprint density at radius 3 is 2.60 bits per heavy atom. The molecule has 1 aromatic rings. The molecule has 0 bridgehead atoms. The number of rotatable bonds is 6. The Kier molecular flexibility index (Phi) is 4.60. The van der Waals surface area contributed by atoms with Crippen LogP contribution >= 0.6 is 0 Å². The number of benzene rings is 1. The molecular formula is C15H21NO3S. The van der Waals surface area contributed by atoms with Crippen molar-refractivity contribution < 1.29 is 13.2 Å². The van der Waals surface area contributed by atoms with Gasteiger partial charge in [-0.15, -0.1) is 0 Å². The highest BCUT2D eigenvalue weighted by Crippen LogP contribution is 2.28. The van der Waals surface area contributed by atoms with Crippen LogP contribution in [0.25, 0.3) is 0 Å². The molecule has 110 valence electrons. The van der Waals surface area contributed by atoms with Gasteiger partial charge in [0.1, 0.15) is 0 Å². The molecule has 1 saturated carbocycles. The smallest absolute Gasteiger partial charge is 0.242 e. The summed E-state index contributed by atoms with van der Waals surface area (Å²) >= 11 is 0. The Balaban J connectivity index is 2.21. The van der Waals surface area contributed by atoms with E-state index in [1.54, 1.807) is 32.2 Å². The van der Waals surface area contributed by atoms with Crippen molar-refractivity contribution in [1.82, 2.24) is 4.31 Å². The molecule has 0 saturated heterocycles. The highest BCUT2D eigenvalue weighted by atomic mass is 32.2. The van der Waals surface area contributed by atoms with Gasteiger partial charge in [-0.05, 0) is 30.9 Å². The number of ketones is 1. The molecule has 0 aliphatic heterocycles. The van der Waals surface area contributed by atoms with Crippen LogP contribution in [0.2, 0.25) is 0 Å². The van der Waals surface area contributed by atoms with Gasteiger partial charge < -0.3 is 0 Å². The first-order valence-electron chi connectivity index (χ1n) is 7.04. The molecule has 0 spiro atoms. The van der Waals surface area contributed by atoms with Crippen molar-refractivity contribution >= 4 is 15.8 Å². The van der Waals surface area contributed by atoms with Gasteiger partial charge in [0.15, 0.2) is 5.78 Å². The van der Waals surface area contributed by atoms with E-state index < -0.39 is 10.0 Å². The molecular weight excluding hydrogens is 274 g/mol. The minimum atomic E-state index is -3.49. The number of hydrogen-bond donors (Lipinski definition) is 0. The van der Waals surface area contributed by atoms with E-state index in [0.29, 0.717) is 24.4 Å². The first-order valence-corrected chi connectivity index (χ1v) is 8.48. The van der Waals surface area contributed by atoms with Crippen molar-refractivity contribution in [3.8, 4) is 0 Å². The predicted octanol–water partition coefficient (Wildman–Crippen LogP) is 2.70. The molecule has 1 fully saturated rings. The van der Waals surface area contributed by atoms with E-state index in [1.807, 2.05) is 0 Å². The van der Waals surface area contributed by atoms with Crippen LogP contribution in [0.15, 0.2) is 29.2 Å². The van der Waals surface area contributed by atoms with E-state index in [0.717, 1.165) is 12.8 Å². The first-order chi connectivity index (χ1) is 9.45. The minimum absolute atomic E-state index is 0.0382. The summed E-state index contributed by atoms with van der Waals surface area (Å²) in [5.41, 5.74) is 0.464. The number of carbonyl (C=O) groups is 1. The molecule has 1 aliphatic carbocycles. The van der Waals surface area contributed by atoms with Gasteiger partial charge in [0, 0.05) is 25.6 Å². The van der Waals surface area contributed by atoms with Gasteiger partial charge in [-0.2, -0.15) is 0 Å². The summed E-state index contributed by atoms with van der Waals surface area (Å²) in [6.45, 7) is 2.33. The van der Waals surface area contributed by atoms with Gasteiger partial charge >= 0.3 is 0 Å². The number of Topliss-reactive ketones (excluding diaryl/α,β-unsaturated/α-hetero) is 1. The highest BCUT2D eigenvalue weighted by Gasteiger charge is 2.27. The van der Waals surface area contributed by atoms with E-state index in [2.05, 4.69) is 0 Å². The van der Waals surface area contributed by atoms with Crippen molar-refractivity contribution in [2.75, 3.05) is 13.6 Å². The second-order valence-corrected chi connectivity index (χ2v) is 7.43. The zero-order valence-corrected chi connectivity index (χ0v) is 12.8. The fraction of sp³-hybridized carbons (Fsp3) is 0.533. The standard InChI is InChI=1S/C15H21NO3S/c1-3-15(17)13-8-5-9-14(10-13)20(18,19)16(2)11-12-6-4-7-12/h5,8-10,12H,3-4,6-7,11H2,1-2H3. The molecule has 0 unspecified atom stereocenters. The largest absolute Gasteiger partial charge is 0.294 e. The fourth-order valence-corrected chi connectivity index (χ4v) is 3.64. The number of sulfonamides is 1. The normalized spacial score (nSPS) is 16.1. The van der Waals surface area contributed by atoms with Crippen molar-refractivity contribution in [3.63, 3.8) is 0 Å². The SMILES string of the molecule is CCC(=O)c1cccc(S(=O)(=O)N(C)CC2CCC2)c1. The quantitative estimate of drug-likeness (QED) is 0.758. The Morgan fingerprint density at radius 2 is 2.05 bits per heavy atom. The minimum Gasteiger partial charge on any atom is -0.294 e. The summed E-state index contributed by atoms with van der Waals surface area (Å²) in [7, 11) is -1.88. The third kappa shape index (κ3) is 3.10. The van der Waals surface area contributed by atoms with E-state index in [9.17, 15) is 13.2 Å². The van der Waals surface area contributed by atoms with Crippen molar-refractivity contribution in [1.29, 1.82) is 0 Å². The van der Waals surface area contributed by atoms with Gasteiger partial charge in [0.05, 0.1) is 4.90 Å². The van der Waals surface area contributed by atoms with Crippen LogP contribution in [0.3, 0.4) is 0 Å². The van der Waals surface area contributed by atoms with Crippen LogP contribution in [0.5, 0.6) is 0 Å². The summed E-state index contributed by atoms with van der Waals surface area (Å²) in [5.74, 6) is 0.443. The van der Waals surface area contributed by atoms with Crippen LogP contribution in [0, 0.1) is 5.92 Å². The van der Waals surface area contributed by atoms with Crippen LogP contribution in [-0.4, -0.2) is 32.1 Å². The Hall–Kier alpha value is -1.20. The zero-order valence-electron chi connectivity index (χ0n) is 12.0. The Morgan fingerprint density at radius 1 is 1.35 bits per heavy atom. The van der Waals surface area contributed by atoms with Gasteiger partial charge in [-0.3, -0.25) is 4.79 Å². The predicted molar refractivity (Wildman–Crippen MR) is 78.2 cm³/mol. The van der Waals surface area contributed by atoms with Crippen molar-refractivity contribution in [2.24, 2.45) is 5.92 Å². The van der Waals surface area contributed by atoms with Crippen molar-refractivity contribution in [2.45, 2.75) is 37.5 Å². The van der Waals surface area contributed by atoms with E-state index in [1.165, 1.54) is 16.8 Å². The van der Waals surface area contributed by atoms with Gasteiger partial charge in [0.25, 0.3) is 0 Å². The molecule has 20 heavy (non-hydrogen) atoms. The zero-order chi connectivity index (χ0) is 14.8. The van der Waals surface area contributed by atoms with E-state index in [4.69, 9.17) is 0 Å². The summed E-state index contributed by atoms with van der Waals surface area (Å²) in [5, 5.41) is 0. The van der Waals surface area contributed by atoms with Crippen LogP contribution in [0.1, 0.15) is 43.0 Å². The Labute approximate surface area is 120 Å². The average molecular weight is 295 g/mol. The third-order valence-corrected chi connectivity index (χ3v) is 5.74. The lowest BCUT2D eigenvalue weighted by molar-refractivity contribution is 0.0988. The molecule has 4 nitrogen and oxygen atoms in total. The second-order valence-electron chi connectivity index (χ2n) is 5.39. The first kappa shape index (κ1) is 15.2. The maximum atomic E-state index is 12.5. The number of nitrogens with zero attached hydrogens (tertiary/aromatic N) is 1. The van der Waals surface area contributed by atoms with Gasteiger partial charge in [0.2, 0.25) is 10.0 Å². The Bertz CT molecular complexity index is 591. The third-order valence-electron chi connectivity index (χ3n) is 3.93. The molecule has 0 amide bonds. The molecule has 0 aromatic heterocycles. The average Bonchev–Trinajstić information content (AvgIpc) is 2.41. The topological polar surface area (TPSA) is 54.5 Å². The molecule has 1 aromatic carbocycles. The van der Waals surface area contributed by atoms with Crippen molar-refractivity contribution in [3.05, 3.63) is 29.8 Å². The monoisotopic (exact) mass is 295 g/mol. The highest BCUT2D eigenvalue weighted by molar-refractivity contribution is 7.89. The lowest BCUT2D eigenvalue weighted by Crippen LogP contribution is -2.34. The van der Waals surface area contributed by atoms with Gasteiger partial charge in [-0.1, -0.05) is 25.5 Å². The molecule has 0 N–H and O–H groups in total. The maximum Gasteiger partial charge on any atom is 0.242 e. The van der Waals surface area contributed by atoms with Gasteiger partial charge in [-0.25, -0.2) is 12.7 Å². The molecule has 0 atom stereocenters. The summed E-state index contributed by atoms with van der Waals surface area (Å²) in [6.07, 6.45) is 3.78. The number of hydrogen-bond acceptors (Lipinski definition) is 3. The van der Waals surface area contributed by atoms with Crippen LogP contribution < -0.4 is 0 Å². The second kappa shape index (κ2) is 6.06. The maximum absolute atomic E-state index is 12.5. The van der Waals surface area contributed by atoms with E-state index in [-0.39, 0.29) is 10.7 Å². The van der Waals surface area contributed by atoms with Crippen LogP contribution in [-0.2, 0) is 10.0 Å². The van der Waals surface area contributed by atoms with Crippen LogP contribution in [0.4, 0.5) is 0 Å². The van der Waals surface area contributed by atoms with E-state index >= 15 is 0 Å². The molecule has 2 rings (SSSR count). The number of carbonyl (C=O) groups excluding carboxylic acids is 1. The summed E-state index contributed by atoms with van der Waals surface area (Å²) in [4.78, 5) is 11.9. The fourth-order valence-electron chi connectivity index (χ4n) is 2.35.